The molecule has 2 aromatic rings. The van der Waals surface area contributed by atoms with E-state index in [1.807, 2.05) is 35.2 Å². The summed E-state index contributed by atoms with van der Waals surface area (Å²) in [6, 6.07) is 9.87. The topological polar surface area (TPSA) is 83.9 Å². The van der Waals surface area contributed by atoms with Gasteiger partial charge >= 0.3 is 0 Å². The second kappa shape index (κ2) is 9.57. The number of benzene rings is 1. The molecule has 8 nitrogen and oxygen atoms in total. The zero-order valence-corrected chi connectivity index (χ0v) is 20.9. The van der Waals surface area contributed by atoms with Gasteiger partial charge in [-0.15, -0.1) is 0 Å². The van der Waals surface area contributed by atoms with Crippen LogP contribution in [0.25, 0.3) is 0 Å². The summed E-state index contributed by atoms with van der Waals surface area (Å²) in [7, 11) is 1.37. The fraction of sp³-hybridized carbons (Fsp3) is 0.391. The van der Waals surface area contributed by atoms with E-state index < -0.39 is 11.3 Å². The van der Waals surface area contributed by atoms with Crippen molar-refractivity contribution in [1.82, 2.24) is 19.7 Å². The third kappa shape index (κ3) is 3.90. The van der Waals surface area contributed by atoms with Crippen molar-refractivity contribution < 1.29 is 34.7 Å². The molecule has 1 N–H and O–H groups in total. The van der Waals surface area contributed by atoms with Crippen molar-refractivity contribution in [3.05, 3.63) is 71.0 Å². The predicted octanol–water partition coefficient (Wildman–Crippen LogP) is 1.49. The van der Waals surface area contributed by atoms with Crippen LogP contribution in [-0.2, 0) is 33.5 Å². The molecule has 2 atom stereocenters. The Kier molecular flexibility index (Phi) is 7.23. The SMILES string of the molecule is COc1c2n(cc(C(=O)NCc3ccccc3)c1=O)C[C@@H]1N(C[C@H]3CCCN31)C2=O.[CH3-].[Re]. The summed E-state index contributed by atoms with van der Waals surface area (Å²) in [4.78, 5) is 43.2. The minimum absolute atomic E-state index is 0. The van der Waals surface area contributed by atoms with Crippen LogP contribution in [0.3, 0.4) is 0 Å². The first-order valence-electron chi connectivity index (χ1n) is 10.3. The summed E-state index contributed by atoms with van der Waals surface area (Å²) in [6.45, 7) is 2.48. The number of hydrogen-bond acceptors (Lipinski definition) is 5. The molecular formula is C23H27N4O4Re-. The van der Waals surface area contributed by atoms with Crippen LogP contribution in [0, 0.1) is 7.43 Å². The number of hydrogen-bond donors (Lipinski definition) is 1. The minimum Gasteiger partial charge on any atom is -0.491 e. The van der Waals surface area contributed by atoms with Crippen molar-refractivity contribution in [1.29, 1.82) is 0 Å². The fourth-order valence-corrected chi connectivity index (χ4v) is 4.94. The zero-order chi connectivity index (χ0) is 20.8. The van der Waals surface area contributed by atoms with Crippen molar-refractivity contribution in [3.63, 3.8) is 0 Å². The summed E-state index contributed by atoms with van der Waals surface area (Å²) < 4.78 is 7.06. The zero-order valence-electron chi connectivity index (χ0n) is 18.2. The van der Waals surface area contributed by atoms with E-state index in [-0.39, 0.29) is 56.9 Å². The normalized spacial score (nSPS) is 21.0. The third-order valence-electron chi connectivity index (χ3n) is 6.38. The van der Waals surface area contributed by atoms with Gasteiger partial charge in [-0.25, -0.2) is 0 Å². The van der Waals surface area contributed by atoms with Gasteiger partial charge in [-0.05, 0) is 18.4 Å². The molecule has 0 saturated carbocycles. The Morgan fingerprint density at radius 1 is 1.19 bits per heavy atom. The van der Waals surface area contributed by atoms with Gasteiger partial charge in [0, 0.05) is 52.3 Å². The molecule has 171 valence electrons. The van der Waals surface area contributed by atoms with Crippen molar-refractivity contribution in [2.45, 2.75) is 38.1 Å². The minimum atomic E-state index is -0.555. The molecule has 3 aliphatic heterocycles. The molecule has 1 aromatic heterocycles. The van der Waals surface area contributed by atoms with Gasteiger partial charge in [0.2, 0.25) is 5.43 Å². The van der Waals surface area contributed by atoms with E-state index in [1.165, 1.54) is 13.3 Å². The van der Waals surface area contributed by atoms with Crippen LogP contribution in [0.5, 0.6) is 5.75 Å². The van der Waals surface area contributed by atoms with Gasteiger partial charge < -0.3 is 26.9 Å². The molecule has 2 amide bonds. The van der Waals surface area contributed by atoms with Gasteiger partial charge in [-0.1, -0.05) is 30.3 Å². The number of nitrogens with one attached hydrogen (secondary N) is 1. The fourth-order valence-electron chi connectivity index (χ4n) is 4.94. The number of methoxy groups -OCH3 is 1. The van der Waals surface area contributed by atoms with Crippen molar-refractivity contribution in [3.8, 4) is 5.75 Å². The number of amides is 2. The van der Waals surface area contributed by atoms with E-state index in [9.17, 15) is 14.4 Å². The molecule has 0 aliphatic carbocycles. The number of nitrogens with zero attached hydrogens (tertiary/aromatic N) is 3. The van der Waals surface area contributed by atoms with Crippen LogP contribution in [0.2, 0.25) is 0 Å². The van der Waals surface area contributed by atoms with Crippen molar-refractivity contribution in [2.75, 3.05) is 20.2 Å². The summed E-state index contributed by atoms with van der Waals surface area (Å²) in [5, 5.41) is 2.80. The summed E-state index contributed by atoms with van der Waals surface area (Å²) in [6.07, 6.45) is 3.69. The third-order valence-corrected chi connectivity index (χ3v) is 6.38. The molecule has 32 heavy (non-hydrogen) atoms. The summed E-state index contributed by atoms with van der Waals surface area (Å²) in [5.74, 6) is -0.735. The molecule has 2 fully saturated rings. The van der Waals surface area contributed by atoms with Crippen molar-refractivity contribution in [2.24, 2.45) is 0 Å². The first-order valence-corrected chi connectivity index (χ1v) is 10.3. The van der Waals surface area contributed by atoms with E-state index in [1.54, 1.807) is 4.57 Å². The first-order chi connectivity index (χ1) is 14.6. The average molecular weight is 610 g/mol. The molecule has 2 saturated heterocycles. The van der Waals surface area contributed by atoms with Crippen LogP contribution in [0.4, 0.5) is 0 Å². The number of pyridine rings is 1. The largest absolute Gasteiger partial charge is 0.491 e. The van der Waals surface area contributed by atoms with Gasteiger partial charge in [-0.2, -0.15) is 0 Å². The van der Waals surface area contributed by atoms with Crippen LogP contribution >= 0.6 is 0 Å². The van der Waals surface area contributed by atoms with E-state index in [0.717, 1.165) is 24.9 Å². The van der Waals surface area contributed by atoms with Gasteiger partial charge in [0.1, 0.15) is 11.7 Å². The maximum Gasteiger partial charge on any atom is 0.275 e. The Balaban J connectivity index is 0.00000144. The Labute approximate surface area is 201 Å². The molecule has 0 unspecified atom stereocenters. The standard InChI is InChI=1S/C22H24N4O4.CH3.Re/c1-30-20-18-22(29)26-11-15-8-5-9-25(15)17(26)13-24(18)12-16(19(20)27)21(28)23-10-14-6-3-2-4-7-14;;/h2-4,6-7,12,15,17H,5,8-11,13H2,1H3,(H,23,28);1H3;/q;-1;/t15-,17+;;/m1../s1. The van der Waals surface area contributed by atoms with Crippen molar-refractivity contribution >= 4 is 11.8 Å². The molecule has 9 heteroatoms. The Bertz CT molecular complexity index is 1070. The molecule has 0 bridgehead atoms. The number of carbonyl (C=O) groups excluding carboxylic acids is 2. The van der Waals surface area contributed by atoms with Gasteiger partial charge in [0.15, 0.2) is 11.4 Å². The van der Waals surface area contributed by atoms with E-state index >= 15 is 0 Å². The number of fused-ring (bicyclic) bond motifs is 4. The number of carbonyl (C=O) groups is 2. The van der Waals surface area contributed by atoms with E-state index in [0.29, 0.717) is 25.7 Å². The second-order valence-corrected chi connectivity index (χ2v) is 8.05. The van der Waals surface area contributed by atoms with E-state index in [2.05, 4.69) is 10.2 Å². The molecule has 4 heterocycles. The second-order valence-electron chi connectivity index (χ2n) is 8.05. The van der Waals surface area contributed by atoms with Gasteiger partial charge in [0.05, 0.1) is 13.7 Å². The first kappa shape index (κ1) is 24.2. The number of rotatable bonds is 4. The van der Waals surface area contributed by atoms with Gasteiger partial charge in [-0.3, -0.25) is 19.3 Å². The summed E-state index contributed by atoms with van der Waals surface area (Å²) >= 11 is 0. The maximum absolute atomic E-state index is 13.2. The van der Waals surface area contributed by atoms with Crippen LogP contribution in [0.1, 0.15) is 39.3 Å². The monoisotopic (exact) mass is 610 g/mol. The van der Waals surface area contributed by atoms with Crippen LogP contribution in [-0.4, -0.2) is 58.6 Å². The summed E-state index contributed by atoms with van der Waals surface area (Å²) in [5.41, 5.74) is 0.608. The Morgan fingerprint density at radius 3 is 2.66 bits per heavy atom. The average Bonchev–Trinajstić information content (AvgIpc) is 3.35. The molecule has 1 aromatic carbocycles. The van der Waals surface area contributed by atoms with Crippen LogP contribution in [0.15, 0.2) is 41.3 Å². The molecule has 5 rings (SSSR count). The molecule has 0 spiro atoms. The smallest absolute Gasteiger partial charge is 0.275 e. The molecular weight excluding hydrogens is 582 g/mol. The Morgan fingerprint density at radius 2 is 1.94 bits per heavy atom. The maximum atomic E-state index is 13.2. The van der Waals surface area contributed by atoms with Crippen LogP contribution < -0.4 is 15.5 Å². The number of ether oxygens (including phenoxy) is 1. The Hall–Kier alpha value is -2.47. The quantitative estimate of drug-likeness (QED) is 0.532. The van der Waals surface area contributed by atoms with Gasteiger partial charge in [0.25, 0.3) is 11.8 Å². The number of aromatic nitrogens is 1. The van der Waals surface area contributed by atoms with E-state index in [4.69, 9.17) is 4.74 Å². The molecule has 1 radical (unpaired) electrons. The molecule has 3 aliphatic rings. The predicted molar refractivity (Wildman–Crippen MR) is 116 cm³/mol.